The summed E-state index contributed by atoms with van der Waals surface area (Å²) in [4.78, 5) is 12.0. The van der Waals surface area contributed by atoms with Gasteiger partial charge in [-0.05, 0) is 41.7 Å². The minimum Gasteiger partial charge on any atom is -0.352 e. The summed E-state index contributed by atoms with van der Waals surface area (Å²) in [5.41, 5.74) is 4.95. The number of alkyl halides is 1. The topological polar surface area (TPSA) is 29.1 Å². The fourth-order valence-corrected chi connectivity index (χ4v) is 3.58. The summed E-state index contributed by atoms with van der Waals surface area (Å²) >= 11 is 10.2. The average Bonchev–Trinajstić information content (AvgIpc) is 2.49. The largest absolute Gasteiger partial charge is 0.352 e. The number of fused-ring (bicyclic) bond motifs is 1. The summed E-state index contributed by atoms with van der Waals surface area (Å²) in [6.45, 7) is 2.75. The highest BCUT2D eigenvalue weighted by Gasteiger charge is 2.20. The fourth-order valence-electron chi connectivity index (χ4n) is 2.63. The highest BCUT2D eigenvalue weighted by atomic mass is 79.9. The number of halogens is 2. The van der Waals surface area contributed by atoms with E-state index >= 15 is 0 Å². The molecule has 2 nitrogen and oxygen atoms in total. The highest BCUT2D eigenvalue weighted by Crippen LogP contribution is 2.36. The van der Waals surface area contributed by atoms with Gasteiger partial charge in [0.05, 0.1) is 5.38 Å². The molecule has 0 saturated heterocycles. The first-order chi connectivity index (χ1) is 10.1. The molecule has 3 rings (SSSR count). The van der Waals surface area contributed by atoms with Gasteiger partial charge in [0.2, 0.25) is 0 Å². The third kappa shape index (κ3) is 2.72. The van der Waals surface area contributed by atoms with E-state index in [9.17, 15) is 4.79 Å². The number of amides is 1. The van der Waals surface area contributed by atoms with Gasteiger partial charge in [0.15, 0.2) is 0 Å². The zero-order valence-corrected chi connectivity index (χ0v) is 14.0. The minimum absolute atomic E-state index is 0.00901. The molecular weight excluding hydrogens is 350 g/mol. The molecule has 1 atom stereocenters. The van der Waals surface area contributed by atoms with Crippen LogP contribution in [0.3, 0.4) is 0 Å². The number of aryl methyl sites for hydroxylation is 1. The minimum atomic E-state index is -0.278. The Balaban J connectivity index is 2.02. The number of rotatable bonds is 2. The molecule has 0 aliphatic carbocycles. The molecule has 0 bridgehead atoms. The lowest BCUT2D eigenvalue weighted by atomic mass is 9.94. The molecule has 0 fully saturated rings. The molecule has 0 saturated carbocycles. The number of hydrogen-bond donors (Lipinski definition) is 1. The van der Waals surface area contributed by atoms with Crippen LogP contribution in [-0.2, 0) is 6.42 Å². The third-order valence-corrected chi connectivity index (χ3v) is 5.42. The van der Waals surface area contributed by atoms with Crippen LogP contribution >= 0.6 is 27.5 Å². The summed E-state index contributed by atoms with van der Waals surface area (Å²) in [7, 11) is 0. The summed E-state index contributed by atoms with van der Waals surface area (Å²) in [6, 6.07) is 12.0. The molecule has 1 N–H and O–H groups in total. The second-order valence-electron chi connectivity index (χ2n) is 5.26. The molecule has 0 aromatic heterocycles. The Morgan fingerprint density at radius 2 is 2.10 bits per heavy atom. The molecule has 1 heterocycles. The molecule has 0 spiro atoms. The van der Waals surface area contributed by atoms with E-state index in [0.717, 1.165) is 38.7 Å². The van der Waals surface area contributed by atoms with Crippen molar-refractivity contribution >= 4 is 33.4 Å². The predicted octanol–water partition coefficient (Wildman–Crippen LogP) is 4.37. The number of nitrogens with one attached hydrogen (secondary N) is 1. The fraction of sp³-hybridized carbons (Fsp3) is 0.235. The van der Waals surface area contributed by atoms with Crippen LogP contribution in [0.2, 0.25) is 0 Å². The lowest BCUT2D eigenvalue weighted by Crippen LogP contribution is -2.31. The molecule has 21 heavy (non-hydrogen) atoms. The predicted molar refractivity (Wildman–Crippen MR) is 89.1 cm³/mol. The van der Waals surface area contributed by atoms with E-state index in [-0.39, 0.29) is 11.3 Å². The van der Waals surface area contributed by atoms with E-state index in [1.54, 1.807) is 0 Å². The number of hydrogen-bond acceptors (Lipinski definition) is 1. The Bertz CT molecular complexity index is 714. The average molecular weight is 365 g/mol. The van der Waals surface area contributed by atoms with E-state index in [1.165, 1.54) is 0 Å². The van der Waals surface area contributed by atoms with Crippen LogP contribution in [0.15, 0.2) is 40.9 Å². The molecule has 1 aliphatic heterocycles. The second kappa shape index (κ2) is 5.82. The van der Waals surface area contributed by atoms with Crippen LogP contribution in [0, 0.1) is 6.92 Å². The molecule has 2 aromatic rings. The molecule has 1 amide bonds. The quantitative estimate of drug-likeness (QED) is 0.788. The third-order valence-electron chi connectivity index (χ3n) is 3.85. The van der Waals surface area contributed by atoms with Crippen molar-refractivity contribution in [2.45, 2.75) is 18.7 Å². The van der Waals surface area contributed by atoms with Crippen molar-refractivity contribution in [1.82, 2.24) is 5.32 Å². The van der Waals surface area contributed by atoms with E-state index < -0.39 is 0 Å². The maximum Gasteiger partial charge on any atom is 0.251 e. The normalized spacial score (nSPS) is 15.3. The Labute approximate surface area is 137 Å². The highest BCUT2D eigenvalue weighted by molar-refractivity contribution is 9.10. The van der Waals surface area contributed by atoms with Gasteiger partial charge in [0.1, 0.15) is 0 Å². The van der Waals surface area contributed by atoms with Crippen LogP contribution in [0.1, 0.15) is 38.0 Å². The van der Waals surface area contributed by atoms with E-state index in [2.05, 4.69) is 21.2 Å². The van der Waals surface area contributed by atoms with Gasteiger partial charge in [-0.2, -0.15) is 0 Å². The summed E-state index contributed by atoms with van der Waals surface area (Å²) < 4.78 is 1.02. The first-order valence-corrected chi connectivity index (χ1v) is 8.11. The zero-order chi connectivity index (χ0) is 15.0. The Hall–Kier alpha value is -1.32. The lowest BCUT2D eigenvalue weighted by Gasteiger charge is -2.19. The van der Waals surface area contributed by atoms with Crippen LogP contribution in [0.4, 0.5) is 0 Å². The SMILES string of the molecule is Cc1cccc(C(Cl)c2ccc3c(c2)C(=O)NCC3)c1Br. The Morgan fingerprint density at radius 1 is 1.29 bits per heavy atom. The van der Waals surface area contributed by atoms with Crippen LogP contribution in [-0.4, -0.2) is 12.5 Å². The van der Waals surface area contributed by atoms with Gasteiger partial charge < -0.3 is 5.32 Å². The summed E-state index contributed by atoms with van der Waals surface area (Å²) in [5.74, 6) is -0.00901. The second-order valence-corrected chi connectivity index (χ2v) is 6.49. The van der Waals surface area contributed by atoms with Crippen LogP contribution in [0.5, 0.6) is 0 Å². The van der Waals surface area contributed by atoms with Gasteiger partial charge in [-0.3, -0.25) is 4.79 Å². The number of carbonyl (C=O) groups excluding carboxylic acids is 1. The Morgan fingerprint density at radius 3 is 2.90 bits per heavy atom. The summed E-state index contributed by atoms with van der Waals surface area (Å²) in [5, 5.41) is 2.59. The molecule has 1 unspecified atom stereocenters. The van der Waals surface area contributed by atoms with Crippen molar-refractivity contribution in [1.29, 1.82) is 0 Å². The standard InChI is InChI=1S/C17H15BrClNO/c1-10-3-2-4-13(15(10)18)16(19)12-6-5-11-7-8-20-17(21)14(11)9-12/h2-6,9,16H,7-8H2,1H3,(H,20,21). The molecular formula is C17H15BrClNO. The van der Waals surface area contributed by atoms with E-state index in [1.807, 2.05) is 43.3 Å². The first kappa shape index (κ1) is 14.6. The molecule has 2 aromatic carbocycles. The van der Waals surface area contributed by atoms with Crippen molar-refractivity contribution in [3.05, 3.63) is 68.7 Å². The molecule has 0 radical (unpaired) electrons. The smallest absolute Gasteiger partial charge is 0.251 e. The molecule has 1 aliphatic rings. The number of benzene rings is 2. The number of carbonyl (C=O) groups is 1. The van der Waals surface area contributed by atoms with E-state index in [4.69, 9.17) is 11.6 Å². The van der Waals surface area contributed by atoms with Gasteiger partial charge in [0, 0.05) is 16.6 Å². The van der Waals surface area contributed by atoms with Crippen molar-refractivity contribution in [3.63, 3.8) is 0 Å². The van der Waals surface area contributed by atoms with Gasteiger partial charge in [0.25, 0.3) is 5.91 Å². The van der Waals surface area contributed by atoms with Gasteiger partial charge in [-0.25, -0.2) is 0 Å². The first-order valence-electron chi connectivity index (χ1n) is 6.88. The molecule has 108 valence electrons. The van der Waals surface area contributed by atoms with Gasteiger partial charge in [-0.1, -0.05) is 46.3 Å². The van der Waals surface area contributed by atoms with Gasteiger partial charge in [-0.15, -0.1) is 11.6 Å². The van der Waals surface area contributed by atoms with Crippen LogP contribution in [0.25, 0.3) is 0 Å². The summed E-state index contributed by atoms with van der Waals surface area (Å²) in [6.07, 6.45) is 0.877. The molecule has 4 heteroatoms. The van der Waals surface area contributed by atoms with Gasteiger partial charge >= 0.3 is 0 Å². The zero-order valence-electron chi connectivity index (χ0n) is 11.6. The van der Waals surface area contributed by atoms with Crippen molar-refractivity contribution in [3.8, 4) is 0 Å². The Kier molecular flexibility index (Phi) is 4.05. The van der Waals surface area contributed by atoms with Crippen molar-refractivity contribution < 1.29 is 4.79 Å². The maximum atomic E-state index is 12.0. The lowest BCUT2D eigenvalue weighted by molar-refractivity contribution is 0.0946. The van der Waals surface area contributed by atoms with Crippen molar-refractivity contribution in [2.24, 2.45) is 0 Å². The maximum absolute atomic E-state index is 12.0. The van der Waals surface area contributed by atoms with E-state index in [0.29, 0.717) is 6.54 Å². The monoisotopic (exact) mass is 363 g/mol. The van der Waals surface area contributed by atoms with Crippen LogP contribution < -0.4 is 5.32 Å². The van der Waals surface area contributed by atoms with Crippen molar-refractivity contribution in [2.75, 3.05) is 6.54 Å².